The minimum absolute atomic E-state index is 0.194. The second-order valence-corrected chi connectivity index (χ2v) is 4.55. The second kappa shape index (κ2) is 2.45. The zero-order valence-corrected chi connectivity index (χ0v) is 8.64. The highest BCUT2D eigenvalue weighted by molar-refractivity contribution is 6.07. The first-order chi connectivity index (χ1) is 7.80. The molecular formula is C12H10N2O2. The molecule has 0 radical (unpaired) electrons. The Morgan fingerprint density at radius 1 is 1.44 bits per heavy atom. The van der Waals surface area contributed by atoms with Crippen molar-refractivity contribution in [1.82, 2.24) is 4.98 Å². The number of carbonyl (C=O) groups excluding carboxylic acids is 1. The largest absolute Gasteiger partial charge is 0.470 e. The van der Waals surface area contributed by atoms with E-state index in [2.05, 4.69) is 11.1 Å². The number of carbonyl (C=O) groups is 1. The van der Waals surface area contributed by atoms with Gasteiger partial charge in [-0.1, -0.05) is 0 Å². The molecule has 80 valence electrons. The lowest BCUT2D eigenvalue weighted by Gasteiger charge is -2.27. The van der Waals surface area contributed by atoms with E-state index in [-0.39, 0.29) is 11.3 Å². The Labute approximate surface area is 92.5 Å². The van der Waals surface area contributed by atoms with Crippen LogP contribution in [0.25, 0.3) is 0 Å². The summed E-state index contributed by atoms with van der Waals surface area (Å²) in [5.74, 6) is 0.755. The average Bonchev–Trinajstić information content (AvgIpc) is 3.02. The molecule has 4 heteroatoms. The summed E-state index contributed by atoms with van der Waals surface area (Å²) in [7, 11) is 0. The van der Waals surface area contributed by atoms with Crippen LogP contribution in [0, 0.1) is 5.41 Å². The van der Waals surface area contributed by atoms with Crippen molar-refractivity contribution in [2.24, 2.45) is 5.41 Å². The molecule has 0 bridgehead atoms. The van der Waals surface area contributed by atoms with Crippen molar-refractivity contribution in [1.29, 1.82) is 0 Å². The normalized spacial score (nSPS) is 23.6. The van der Waals surface area contributed by atoms with Crippen molar-refractivity contribution >= 4 is 11.6 Å². The van der Waals surface area contributed by atoms with E-state index in [1.807, 2.05) is 12.1 Å². The van der Waals surface area contributed by atoms with Gasteiger partial charge in [-0.25, -0.2) is 4.98 Å². The van der Waals surface area contributed by atoms with Crippen molar-refractivity contribution in [3.63, 3.8) is 0 Å². The third-order valence-electron chi connectivity index (χ3n) is 3.50. The maximum absolute atomic E-state index is 12.3. The second-order valence-electron chi connectivity index (χ2n) is 4.55. The van der Waals surface area contributed by atoms with Crippen LogP contribution in [0.15, 0.2) is 30.1 Å². The van der Waals surface area contributed by atoms with E-state index in [0.29, 0.717) is 12.5 Å². The van der Waals surface area contributed by atoms with Crippen LogP contribution in [-0.4, -0.2) is 17.5 Å². The number of rotatable bonds is 0. The van der Waals surface area contributed by atoms with Gasteiger partial charge in [0.2, 0.25) is 11.8 Å². The quantitative estimate of drug-likeness (QED) is 0.657. The first-order valence-corrected chi connectivity index (χ1v) is 5.44. The Bertz CT molecular complexity index is 532. The maximum Gasteiger partial charge on any atom is 0.241 e. The van der Waals surface area contributed by atoms with E-state index in [1.165, 1.54) is 0 Å². The number of aromatic nitrogens is 1. The summed E-state index contributed by atoms with van der Waals surface area (Å²) in [4.78, 5) is 18.2. The zero-order valence-electron chi connectivity index (χ0n) is 8.64. The van der Waals surface area contributed by atoms with Crippen LogP contribution in [-0.2, 0) is 4.79 Å². The van der Waals surface area contributed by atoms with E-state index >= 15 is 0 Å². The fourth-order valence-electron chi connectivity index (χ4n) is 2.47. The third kappa shape index (κ3) is 0.852. The van der Waals surface area contributed by atoms with E-state index < -0.39 is 0 Å². The van der Waals surface area contributed by atoms with Crippen molar-refractivity contribution in [2.45, 2.75) is 12.8 Å². The van der Waals surface area contributed by atoms with Gasteiger partial charge >= 0.3 is 0 Å². The molecule has 16 heavy (non-hydrogen) atoms. The molecule has 2 aliphatic heterocycles. The number of ether oxygens (including phenoxy) is 1. The Morgan fingerprint density at radius 2 is 2.31 bits per heavy atom. The molecule has 1 fully saturated rings. The van der Waals surface area contributed by atoms with Crippen LogP contribution in [0.5, 0.6) is 5.88 Å². The highest BCUT2D eigenvalue weighted by Crippen LogP contribution is 2.55. The van der Waals surface area contributed by atoms with Gasteiger partial charge in [0.1, 0.15) is 12.3 Å². The highest BCUT2D eigenvalue weighted by Gasteiger charge is 2.56. The summed E-state index contributed by atoms with van der Waals surface area (Å²) in [5.41, 5.74) is 1.56. The fourth-order valence-corrected chi connectivity index (χ4v) is 2.47. The number of fused-ring (bicyclic) bond motifs is 3. The van der Waals surface area contributed by atoms with Crippen LogP contribution in [0.1, 0.15) is 12.8 Å². The minimum atomic E-state index is -0.198. The lowest BCUT2D eigenvalue weighted by Crippen LogP contribution is -2.34. The summed E-state index contributed by atoms with van der Waals surface area (Å²) in [6, 6.07) is 3.71. The molecule has 1 amide bonds. The van der Waals surface area contributed by atoms with Gasteiger partial charge in [-0.05, 0) is 31.1 Å². The number of hydrogen-bond acceptors (Lipinski definition) is 3. The molecule has 1 saturated carbocycles. The van der Waals surface area contributed by atoms with Gasteiger partial charge in [-0.15, -0.1) is 0 Å². The molecule has 0 N–H and O–H groups in total. The summed E-state index contributed by atoms with van der Waals surface area (Å²) in [5, 5.41) is 0. The maximum atomic E-state index is 12.3. The van der Waals surface area contributed by atoms with Crippen LogP contribution in [0.3, 0.4) is 0 Å². The summed E-state index contributed by atoms with van der Waals surface area (Å²) >= 11 is 0. The molecular weight excluding hydrogens is 204 g/mol. The monoisotopic (exact) mass is 214 g/mol. The first kappa shape index (κ1) is 8.33. The Kier molecular flexibility index (Phi) is 1.28. The zero-order chi connectivity index (χ0) is 10.8. The van der Waals surface area contributed by atoms with Crippen LogP contribution in [0.2, 0.25) is 0 Å². The molecule has 1 aromatic heterocycles. The number of hydrogen-bond donors (Lipinski definition) is 0. The highest BCUT2D eigenvalue weighted by atomic mass is 16.5. The number of anilines is 1. The molecule has 3 heterocycles. The van der Waals surface area contributed by atoms with Crippen LogP contribution in [0.4, 0.5) is 5.69 Å². The smallest absolute Gasteiger partial charge is 0.241 e. The molecule has 0 aromatic carbocycles. The average molecular weight is 214 g/mol. The van der Waals surface area contributed by atoms with E-state index in [4.69, 9.17) is 4.74 Å². The van der Waals surface area contributed by atoms with Crippen molar-refractivity contribution in [3.8, 4) is 5.88 Å². The lowest BCUT2D eigenvalue weighted by molar-refractivity contribution is -0.120. The standard InChI is InChI=1S/C12H10N2O2/c15-11-12(3-4-12)6-8-7-16-10-9(14(8)11)2-1-5-13-10/h1-2,5-6H,3-4,7H2. The molecule has 3 aliphatic rings. The van der Waals surface area contributed by atoms with Crippen LogP contribution < -0.4 is 9.64 Å². The van der Waals surface area contributed by atoms with Gasteiger partial charge in [-0.3, -0.25) is 9.69 Å². The molecule has 1 spiro atoms. The minimum Gasteiger partial charge on any atom is -0.470 e. The molecule has 1 aliphatic carbocycles. The summed E-state index contributed by atoms with van der Waals surface area (Å²) < 4.78 is 5.53. The van der Waals surface area contributed by atoms with Gasteiger partial charge in [-0.2, -0.15) is 0 Å². The first-order valence-electron chi connectivity index (χ1n) is 5.44. The van der Waals surface area contributed by atoms with E-state index in [0.717, 1.165) is 24.2 Å². The molecule has 4 rings (SSSR count). The van der Waals surface area contributed by atoms with Crippen molar-refractivity contribution < 1.29 is 9.53 Å². The summed E-state index contributed by atoms with van der Waals surface area (Å²) in [6.45, 7) is 0.456. The Hall–Kier alpha value is -1.84. The third-order valence-corrected chi connectivity index (χ3v) is 3.50. The molecule has 4 nitrogen and oxygen atoms in total. The van der Waals surface area contributed by atoms with Crippen LogP contribution >= 0.6 is 0 Å². The Balaban J connectivity index is 1.90. The van der Waals surface area contributed by atoms with Gasteiger partial charge in [0, 0.05) is 6.20 Å². The van der Waals surface area contributed by atoms with Crippen molar-refractivity contribution in [2.75, 3.05) is 11.5 Å². The van der Waals surface area contributed by atoms with Gasteiger partial charge in [0.25, 0.3) is 0 Å². The predicted molar refractivity (Wildman–Crippen MR) is 57.0 cm³/mol. The van der Waals surface area contributed by atoms with Crippen molar-refractivity contribution in [3.05, 3.63) is 30.1 Å². The number of nitrogens with zero attached hydrogens (tertiary/aromatic N) is 2. The topological polar surface area (TPSA) is 42.4 Å². The fraction of sp³-hybridized carbons (Fsp3) is 0.333. The Morgan fingerprint density at radius 3 is 3.12 bits per heavy atom. The van der Waals surface area contributed by atoms with Gasteiger partial charge in [0.05, 0.1) is 11.1 Å². The molecule has 0 unspecified atom stereocenters. The van der Waals surface area contributed by atoms with Gasteiger partial charge < -0.3 is 4.74 Å². The lowest BCUT2D eigenvalue weighted by atomic mass is 10.1. The number of amides is 1. The molecule has 0 saturated heterocycles. The molecule has 1 aromatic rings. The van der Waals surface area contributed by atoms with E-state index in [9.17, 15) is 4.79 Å². The molecule has 0 atom stereocenters. The summed E-state index contributed by atoms with van der Waals surface area (Å²) in [6.07, 6.45) is 5.70. The SMILES string of the molecule is O=C1N2C(=CC13CC3)COc1ncccc12. The van der Waals surface area contributed by atoms with E-state index in [1.54, 1.807) is 11.1 Å². The number of pyridine rings is 1. The predicted octanol–water partition coefficient (Wildman–Crippen LogP) is 1.48. The van der Waals surface area contributed by atoms with Gasteiger partial charge in [0.15, 0.2) is 0 Å².